The van der Waals surface area contributed by atoms with Crippen LogP contribution in [0.15, 0.2) is 65.7 Å². The molecule has 1 saturated heterocycles. The Labute approximate surface area is 197 Å². The van der Waals surface area contributed by atoms with Gasteiger partial charge < -0.3 is 24.1 Å². The lowest BCUT2D eigenvalue weighted by Gasteiger charge is -2.35. The first kappa shape index (κ1) is 22.2. The fourth-order valence-electron chi connectivity index (χ4n) is 4.62. The van der Waals surface area contributed by atoms with E-state index in [1.807, 2.05) is 40.8 Å². The molecule has 3 heterocycles. The maximum absolute atomic E-state index is 13.5. The summed E-state index contributed by atoms with van der Waals surface area (Å²) in [6.45, 7) is 2.32. The maximum Gasteiger partial charge on any atom is 0.260 e. The molecule has 2 aromatic carbocycles. The summed E-state index contributed by atoms with van der Waals surface area (Å²) in [5.74, 6) is 1.10. The molecule has 1 aromatic heterocycles. The molecule has 0 spiro atoms. The van der Waals surface area contributed by atoms with Gasteiger partial charge in [0.2, 0.25) is 0 Å². The van der Waals surface area contributed by atoms with Crippen molar-refractivity contribution in [3.8, 4) is 11.4 Å². The van der Waals surface area contributed by atoms with Crippen molar-refractivity contribution in [3.63, 3.8) is 0 Å². The minimum atomic E-state index is -1.16. The van der Waals surface area contributed by atoms with Crippen molar-refractivity contribution in [1.82, 2.24) is 14.5 Å². The van der Waals surface area contributed by atoms with Crippen LogP contribution in [0.3, 0.4) is 0 Å². The second kappa shape index (κ2) is 8.95. The van der Waals surface area contributed by atoms with Gasteiger partial charge in [-0.15, -0.1) is 0 Å². The highest BCUT2D eigenvalue weighted by molar-refractivity contribution is 6.03. The van der Waals surface area contributed by atoms with E-state index in [0.29, 0.717) is 17.9 Å². The summed E-state index contributed by atoms with van der Waals surface area (Å²) in [6.07, 6.45) is 8.54. The number of halogens is 1. The molecule has 0 aliphatic carbocycles. The molecule has 1 atom stereocenters. The first-order valence-electron chi connectivity index (χ1n) is 11.3. The van der Waals surface area contributed by atoms with E-state index in [1.54, 1.807) is 25.6 Å². The van der Waals surface area contributed by atoms with E-state index in [2.05, 4.69) is 16.2 Å². The summed E-state index contributed by atoms with van der Waals surface area (Å²) in [5, 5.41) is 14.8. The molecule has 0 amide bonds. The molecule has 34 heavy (non-hydrogen) atoms. The zero-order valence-electron chi connectivity index (χ0n) is 19.2. The third-order valence-corrected chi connectivity index (χ3v) is 6.38. The number of ether oxygens (including phenoxy) is 1. The molecule has 0 radical (unpaired) electrons. The van der Waals surface area contributed by atoms with E-state index in [1.165, 1.54) is 12.1 Å². The maximum atomic E-state index is 13.5. The van der Waals surface area contributed by atoms with Crippen molar-refractivity contribution in [2.45, 2.75) is 31.9 Å². The van der Waals surface area contributed by atoms with Crippen LogP contribution >= 0.6 is 0 Å². The molecule has 2 aliphatic heterocycles. The number of nitrogens with zero attached hydrogens (tertiary/aromatic N) is 4. The van der Waals surface area contributed by atoms with Gasteiger partial charge in [-0.1, -0.05) is 11.2 Å². The topological polar surface area (TPSA) is 72.1 Å². The molecular formula is C26H27FN4O3. The van der Waals surface area contributed by atoms with Gasteiger partial charge in [-0.25, -0.2) is 9.37 Å². The zero-order valence-corrected chi connectivity index (χ0v) is 19.2. The first-order chi connectivity index (χ1) is 16.5. The molecule has 1 N–H and O–H groups in total. The van der Waals surface area contributed by atoms with Crippen LogP contribution in [0.25, 0.3) is 11.8 Å². The lowest BCUT2D eigenvalue weighted by molar-refractivity contribution is -0.136. The average Bonchev–Trinajstić information content (AvgIpc) is 3.39. The van der Waals surface area contributed by atoms with Crippen LogP contribution in [0, 0.1) is 12.7 Å². The van der Waals surface area contributed by atoms with Gasteiger partial charge >= 0.3 is 0 Å². The number of methoxy groups -OCH3 is 1. The second-order valence-corrected chi connectivity index (χ2v) is 8.59. The van der Waals surface area contributed by atoms with Crippen molar-refractivity contribution >= 4 is 11.9 Å². The minimum absolute atomic E-state index is 0.300. The van der Waals surface area contributed by atoms with E-state index >= 15 is 0 Å². The van der Waals surface area contributed by atoms with Crippen LogP contribution < -0.4 is 4.74 Å². The standard InChI is InChI=1S/C26H27FN4O3/c1-18-15-30(17-28-18)23-11-6-19(14-24(23)33-2)13-20-5-3-4-12-31-25(20)29-34-26(31,16-32)21-7-9-22(27)10-8-21/h6-11,13-15,17,32H,3-5,12,16H2,1-2H3/b20-13-. The summed E-state index contributed by atoms with van der Waals surface area (Å²) in [5.41, 5.74) is 3.33. The summed E-state index contributed by atoms with van der Waals surface area (Å²) >= 11 is 0. The van der Waals surface area contributed by atoms with E-state index < -0.39 is 5.72 Å². The van der Waals surface area contributed by atoms with Crippen LogP contribution in [0.5, 0.6) is 5.75 Å². The van der Waals surface area contributed by atoms with Crippen molar-refractivity contribution in [1.29, 1.82) is 0 Å². The highest BCUT2D eigenvalue weighted by Crippen LogP contribution is 2.39. The van der Waals surface area contributed by atoms with Gasteiger partial charge in [-0.2, -0.15) is 0 Å². The fraction of sp³-hybridized carbons (Fsp3) is 0.308. The van der Waals surface area contributed by atoms with E-state index in [-0.39, 0.29) is 12.4 Å². The molecule has 176 valence electrons. The SMILES string of the molecule is COc1cc(/C=C2/CCCCN3C2=NOC3(CO)c2ccc(F)cc2)ccc1-n1cnc(C)c1. The number of oxime groups is 1. The predicted octanol–water partition coefficient (Wildman–Crippen LogP) is 4.39. The Kier molecular flexibility index (Phi) is 5.83. The third-order valence-electron chi connectivity index (χ3n) is 6.38. The Morgan fingerprint density at radius 1 is 1.21 bits per heavy atom. The monoisotopic (exact) mass is 462 g/mol. The Bertz CT molecular complexity index is 1250. The number of benzene rings is 2. The van der Waals surface area contributed by atoms with Gasteiger partial charge in [0.05, 0.1) is 24.8 Å². The van der Waals surface area contributed by atoms with Gasteiger partial charge in [-0.05, 0) is 79.8 Å². The molecule has 3 aromatic rings. The van der Waals surface area contributed by atoms with Gasteiger partial charge in [0.1, 0.15) is 18.2 Å². The molecule has 7 nitrogen and oxygen atoms in total. The normalized spacial score (nSPS) is 21.1. The first-order valence-corrected chi connectivity index (χ1v) is 11.3. The Morgan fingerprint density at radius 2 is 2.03 bits per heavy atom. The number of rotatable bonds is 5. The summed E-state index contributed by atoms with van der Waals surface area (Å²) in [4.78, 5) is 12.2. The third kappa shape index (κ3) is 3.84. The number of fused-ring (bicyclic) bond motifs is 1. The number of hydrogen-bond acceptors (Lipinski definition) is 6. The van der Waals surface area contributed by atoms with Crippen molar-refractivity contribution in [2.75, 3.05) is 20.3 Å². The number of aryl methyl sites for hydroxylation is 1. The van der Waals surface area contributed by atoms with Crippen molar-refractivity contribution < 1.29 is 19.1 Å². The van der Waals surface area contributed by atoms with Crippen LogP contribution in [0.2, 0.25) is 0 Å². The van der Waals surface area contributed by atoms with E-state index in [4.69, 9.17) is 9.57 Å². The Morgan fingerprint density at radius 3 is 2.74 bits per heavy atom. The number of aromatic nitrogens is 2. The lowest BCUT2D eigenvalue weighted by atomic mass is 10.00. The van der Waals surface area contributed by atoms with Gasteiger partial charge in [0.25, 0.3) is 5.72 Å². The number of aliphatic hydroxyl groups is 1. The smallest absolute Gasteiger partial charge is 0.260 e. The van der Waals surface area contributed by atoms with Crippen LogP contribution in [0.1, 0.15) is 36.1 Å². The molecule has 0 saturated carbocycles. The largest absolute Gasteiger partial charge is 0.495 e. The molecule has 8 heteroatoms. The quantitative estimate of drug-likeness (QED) is 0.609. The predicted molar refractivity (Wildman–Crippen MR) is 127 cm³/mol. The molecule has 1 unspecified atom stereocenters. The lowest BCUT2D eigenvalue weighted by Crippen LogP contribution is -2.49. The van der Waals surface area contributed by atoms with Crippen LogP contribution in [-0.2, 0) is 10.6 Å². The summed E-state index contributed by atoms with van der Waals surface area (Å²) in [7, 11) is 1.65. The van der Waals surface area contributed by atoms with E-state index in [0.717, 1.165) is 47.5 Å². The van der Waals surface area contributed by atoms with E-state index in [9.17, 15) is 9.50 Å². The number of hydrogen-bond donors (Lipinski definition) is 1. The molecule has 1 fully saturated rings. The highest BCUT2D eigenvalue weighted by Gasteiger charge is 2.48. The Balaban J connectivity index is 1.50. The molecular weight excluding hydrogens is 435 g/mol. The summed E-state index contributed by atoms with van der Waals surface area (Å²) < 4.78 is 21.1. The number of imidazole rings is 1. The number of amidine groups is 1. The fourth-order valence-corrected chi connectivity index (χ4v) is 4.62. The summed E-state index contributed by atoms with van der Waals surface area (Å²) in [6, 6.07) is 12.0. The molecule has 2 aliphatic rings. The van der Waals surface area contributed by atoms with Crippen LogP contribution in [-0.4, -0.2) is 45.7 Å². The second-order valence-electron chi connectivity index (χ2n) is 8.59. The average molecular weight is 463 g/mol. The molecule has 5 rings (SSSR count). The van der Waals surface area contributed by atoms with Gasteiger partial charge in [-0.3, -0.25) is 0 Å². The highest BCUT2D eigenvalue weighted by atomic mass is 19.1. The van der Waals surface area contributed by atoms with Gasteiger partial charge in [0.15, 0.2) is 5.84 Å². The van der Waals surface area contributed by atoms with Crippen LogP contribution in [0.4, 0.5) is 4.39 Å². The van der Waals surface area contributed by atoms with Crippen molar-refractivity contribution in [2.24, 2.45) is 5.16 Å². The minimum Gasteiger partial charge on any atom is -0.495 e. The molecule has 0 bridgehead atoms. The zero-order chi connectivity index (χ0) is 23.7. The van der Waals surface area contributed by atoms with Crippen molar-refractivity contribution in [3.05, 3.63) is 83.2 Å². The number of aliphatic hydroxyl groups excluding tert-OH is 1. The Hall–Kier alpha value is -3.65. The van der Waals surface area contributed by atoms with Gasteiger partial charge in [0, 0.05) is 18.3 Å².